The normalized spacial score (nSPS) is 14.8. The van der Waals surface area contributed by atoms with Crippen molar-refractivity contribution in [1.82, 2.24) is 15.1 Å². The van der Waals surface area contributed by atoms with Crippen molar-refractivity contribution in [2.75, 3.05) is 46.9 Å². The first-order chi connectivity index (χ1) is 15.5. The molecular weight excluding hydrogens is 406 g/mol. The highest BCUT2D eigenvalue weighted by Gasteiger charge is 2.19. The molecule has 1 aliphatic heterocycles. The Balaban J connectivity index is 1.44. The van der Waals surface area contributed by atoms with Crippen LogP contribution in [-0.4, -0.2) is 73.9 Å². The summed E-state index contributed by atoms with van der Waals surface area (Å²) in [7, 11) is 3.59. The zero-order valence-electron chi connectivity index (χ0n) is 19.1. The van der Waals surface area contributed by atoms with Gasteiger partial charge in [0.2, 0.25) is 5.91 Å². The molecule has 1 heterocycles. The third-order valence-electron chi connectivity index (χ3n) is 5.54. The Morgan fingerprint density at radius 1 is 1.16 bits per heavy atom. The van der Waals surface area contributed by atoms with E-state index in [1.54, 1.807) is 7.11 Å². The molecule has 7 heteroatoms. The molecule has 32 heavy (non-hydrogen) atoms. The molecule has 0 unspecified atom stereocenters. The SMILES string of the molecule is COc1ccc(CNCCN2CCCC2=O)cc1OC[C@@H](O)CN(C)Cc1ccccc1. The maximum Gasteiger partial charge on any atom is 0.222 e. The first kappa shape index (κ1) is 24.0. The Hall–Kier alpha value is -2.61. The van der Waals surface area contributed by atoms with Crippen LogP contribution in [0.3, 0.4) is 0 Å². The van der Waals surface area contributed by atoms with Gasteiger partial charge in [0.25, 0.3) is 0 Å². The van der Waals surface area contributed by atoms with Crippen molar-refractivity contribution in [1.29, 1.82) is 0 Å². The molecule has 0 bridgehead atoms. The molecular formula is C25H35N3O4. The molecule has 0 spiro atoms. The number of hydrogen-bond acceptors (Lipinski definition) is 6. The van der Waals surface area contributed by atoms with Crippen molar-refractivity contribution in [3.8, 4) is 11.5 Å². The number of likely N-dealkylation sites (N-methyl/N-ethyl adjacent to an activating group) is 1. The highest BCUT2D eigenvalue weighted by Crippen LogP contribution is 2.28. The third kappa shape index (κ3) is 7.51. The summed E-state index contributed by atoms with van der Waals surface area (Å²) in [6.07, 6.45) is 1.02. The maximum atomic E-state index is 11.7. The van der Waals surface area contributed by atoms with Crippen LogP contribution in [0.1, 0.15) is 24.0 Å². The topological polar surface area (TPSA) is 74.3 Å². The van der Waals surface area contributed by atoms with E-state index in [9.17, 15) is 9.90 Å². The minimum absolute atomic E-state index is 0.184. The van der Waals surface area contributed by atoms with Crippen molar-refractivity contribution < 1.29 is 19.4 Å². The summed E-state index contributed by atoms with van der Waals surface area (Å²) < 4.78 is 11.3. The minimum Gasteiger partial charge on any atom is -0.493 e. The van der Waals surface area contributed by atoms with E-state index in [0.717, 1.165) is 38.2 Å². The summed E-state index contributed by atoms with van der Waals surface area (Å²) in [5, 5.41) is 13.8. The smallest absolute Gasteiger partial charge is 0.222 e. The summed E-state index contributed by atoms with van der Waals surface area (Å²) in [5.74, 6) is 1.51. The Morgan fingerprint density at radius 3 is 2.69 bits per heavy atom. The molecule has 0 aromatic heterocycles. The number of nitrogens with one attached hydrogen (secondary N) is 1. The first-order valence-electron chi connectivity index (χ1n) is 11.2. The minimum atomic E-state index is -0.617. The molecule has 2 aromatic rings. The van der Waals surface area contributed by atoms with Crippen LogP contribution in [0.2, 0.25) is 0 Å². The van der Waals surface area contributed by atoms with E-state index < -0.39 is 6.10 Å². The number of nitrogens with zero attached hydrogens (tertiary/aromatic N) is 2. The summed E-state index contributed by atoms with van der Waals surface area (Å²) in [6.45, 7) is 4.48. The zero-order valence-corrected chi connectivity index (χ0v) is 19.1. The third-order valence-corrected chi connectivity index (χ3v) is 5.54. The average Bonchev–Trinajstić information content (AvgIpc) is 3.20. The van der Waals surface area contributed by atoms with Crippen LogP contribution in [0, 0.1) is 0 Å². The Morgan fingerprint density at radius 2 is 1.97 bits per heavy atom. The number of benzene rings is 2. The van der Waals surface area contributed by atoms with Gasteiger partial charge in [0.05, 0.1) is 7.11 Å². The van der Waals surface area contributed by atoms with Crippen LogP contribution >= 0.6 is 0 Å². The van der Waals surface area contributed by atoms with Crippen LogP contribution in [-0.2, 0) is 17.9 Å². The van der Waals surface area contributed by atoms with Crippen LogP contribution in [0.15, 0.2) is 48.5 Å². The molecule has 1 atom stereocenters. The number of methoxy groups -OCH3 is 1. The fourth-order valence-corrected chi connectivity index (χ4v) is 3.89. The number of amides is 1. The second kappa shape index (κ2) is 12.4. The number of carbonyl (C=O) groups excluding carboxylic acids is 1. The van der Waals surface area contributed by atoms with Gasteiger partial charge in [-0.1, -0.05) is 36.4 Å². The van der Waals surface area contributed by atoms with Gasteiger partial charge >= 0.3 is 0 Å². The average molecular weight is 442 g/mol. The number of hydrogen-bond donors (Lipinski definition) is 2. The molecule has 174 valence electrons. The molecule has 0 aliphatic carbocycles. The van der Waals surface area contributed by atoms with Gasteiger partial charge in [-0.3, -0.25) is 9.69 Å². The molecule has 1 amide bonds. The summed E-state index contributed by atoms with van der Waals surface area (Å²) in [6, 6.07) is 16.0. The van der Waals surface area contributed by atoms with Gasteiger partial charge in [0.1, 0.15) is 12.7 Å². The second-order valence-corrected chi connectivity index (χ2v) is 8.29. The Labute approximate surface area is 190 Å². The van der Waals surface area contributed by atoms with E-state index in [4.69, 9.17) is 9.47 Å². The lowest BCUT2D eigenvalue weighted by atomic mass is 10.2. The molecule has 2 N–H and O–H groups in total. The van der Waals surface area contributed by atoms with Crippen molar-refractivity contribution in [2.24, 2.45) is 0 Å². The van der Waals surface area contributed by atoms with Crippen LogP contribution < -0.4 is 14.8 Å². The van der Waals surface area contributed by atoms with Crippen molar-refractivity contribution in [3.05, 3.63) is 59.7 Å². The van der Waals surface area contributed by atoms with Gasteiger partial charge in [-0.2, -0.15) is 0 Å². The lowest BCUT2D eigenvalue weighted by Crippen LogP contribution is -2.33. The fraction of sp³-hybridized carbons (Fsp3) is 0.480. The quantitative estimate of drug-likeness (QED) is 0.465. The largest absolute Gasteiger partial charge is 0.493 e. The molecule has 7 nitrogen and oxygen atoms in total. The molecule has 2 aromatic carbocycles. The standard InChI is InChI=1S/C25H35N3O4/c1-27(17-20-7-4-3-5-8-20)18-22(29)19-32-24-15-21(10-11-23(24)31-2)16-26-12-14-28-13-6-9-25(28)30/h3-5,7-8,10-11,15,22,26,29H,6,9,12-14,16-19H2,1-2H3/t22-/m0/s1. The second-order valence-electron chi connectivity index (χ2n) is 8.29. The van der Waals surface area contributed by atoms with Gasteiger partial charge in [0.15, 0.2) is 11.5 Å². The Bertz CT molecular complexity index is 846. The monoisotopic (exact) mass is 441 g/mol. The van der Waals surface area contributed by atoms with Crippen LogP contribution in [0.5, 0.6) is 11.5 Å². The van der Waals surface area contributed by atoms with Gasteiger partial charge in [-0.25, -0.2) is 0 Å². The number of carbonyl (C=O) groups is 1. The number of aliphatic hydroxyl groups is 1. The predicted octanol–water partition coefficient (Wildman–Crippen LogP) is 2.28. The van der Waals surface area contributed by atoms with E-state index in [0.29, 0.717) is 31.0 Å². The molecule has 0 saturated carbocycles. The first-order valence-corrected chi connectivity index (χ1v) is 11.2. The van der Waals surface area contributed by atoms with E-state index >= 15 is 0 Å². The number of ether oxygens (including phenoxy) is 2. The zero-order chi connectivity index (χ0) is 22.8. The molecule has 3 rings (SSSR count). The summed E-state index contributed by atoms with van der Waals surface area (Å²) in [4.78, 5) is 15.7. The number of rotatable bonds is 13. The van der Waals surface area contributed by atoms with E-state index in [-0.39, 0.29) is 12.5 Å². The molecule has 1 saturated heterocycles. The predicted molar refractivity (Wildman–Crippen MR) is 125 cm³/mol. The van der Waals surface area contributed by atoms with E-state index in [1.165, 1.54) is 5.56 Å². The van der Waals surface area contributed by atoms with Gasteiger partial charge < -0.3 is 24.8 Å². The highest BCUT2D eigenvalue weighted by atomic mass is 16.5. The van der Waals surface area contributed by atoms with E-state index in [2.05, 4.69) is 22.3 Å². The van der Waals surface area contributed by atoms with Crippen LogP contribution in [0.4, 0.5) is 0 Å². The van der Waals surface area contributed by atoms with Gasteiger partial charge in [-0.05, 0) is 36.7 Å². The lowest BCUT2D eigenvalue weighted by Gasteiger charge is -2.21. The number of likely N-dealkylation sites (tertiary alicyclic amines) is 1. The summed E-state index contributed by atoms with van der Waals surface area (Å²) in [5.41, 5.74) is 2.27. The van der Waals surface area contributed by atoms with Crippen molar-refractivity contribution in [3.63, 3.8) is 0 Å². The fourth-order valence-electron chi connectivity index (χ4n) is 3.89. The molecule has 1 fully saturated rings. The van der Waals surface area contributed by atoms with Crippen molar-refractivity contribution >= 4 is 5.91 Å². The molecule has 0 radical (unpaired) electrons. The van der Waals surface area contributed by atoms with E-state index in [1.807, 2.05) is 48.3 Å². The van der Waals surface area contributed by atoms with Gasteiger partial charge in [-0.15, -0.1) is 0 Å². The lowest BCUT2D eigenvalue weighted by molar-refractivity contribution is -0.127. The Kier molecular flexibility index (Phi) is 9.34. The molecule has 1 aliphatic rings. The maximum absolute atomic E-state index is 11.7. The van der Waals surface area contributed by atoms with Crippen LogP contribution in [0.25, 0.3) is 0 Å². The van der Waals surface area contributed by atoms with Gasteiger partial charge in [0, 0.05) is 45.7 Å². The highest BCUT2D eigenvalue weighted by molar-refractivity contribution is 5.78. The summed E-state index contributed by atoms with van der Waals surface area (Å²) >= 11 is 0. The van der Waals surface area contributed by atoms with Crippen molar-refractivity contribution in [2.45, 2.75) is 32.0 Å². The number of aliphatic hydroxyl groups excluding tert-OH is 1.